The van der Waals surface area contributed by atoms with Crippen molar-refractivity contribution in [2.75, 3.05) is 34.4 Å². The highest BCUT2D eigenvalue weighted by atomic mass is 16.8. The smallest absolute Gasteiger partial charge is 0.468 e. The first kappa shape index (κ1) is 55.3. The van der Waals surface area contributed by atoms with Gasteiger partial charge in [0.15, 0.2) is 0 Å². The molecule has 3 fully saturated rings. The number of amides is 3. The Morgan fingerprint density at radius 3 is 1.40 bits per heavy atom. The van der Waals surface area contributed by atoms with Crippen LogP contribution in [0.25, 0.3) is 0 Å². The highest BCUT2D eigenvalue weighted by Gasteiger charge is 2.40. The number of hydrogen-bond acceptors (Lipinski definition) is 17. The highest BCUT2D eigenvalue weighted by Crippen LogP contribution is 2.23. The second kappa shape index (κ2) is 25.2. The van der Waals surface area contributed by atoms with Crippen molar-refractivity contribution >= 4 is 48.3 Å². The number of hydrogen-bond donors (Lipinski definition) is 1. The molecule has 1 N–H and O–H groups in total. The molecule has 0 saturated carbocycles. The van der Waals surface area contributed by atoms with Crippen LogP contribution in [0.4, 0.5) is 19.2 Å². The monoisotopic (exact) mass is 861 g/mol. The minimum absolute atomic E-state index is 0.0428. The zero-order valence-corrected chi connectivity index (χ0v) is 38.4. The van der Waals surface area contributed by atoms with Crippen LogP contribution in [0.5, 0.6) is 0 Å². The van der Waals surface area contributed by atoms with E-state index in [-0.39, 0.29) is 24.4 Å². The minimum Gasteiger partial charge on any atom is -0.468 e. The van der Waals surface area contributed by atoms with Gasteiger partial charge in [-0.05, 0) is 135 Å². The predicted molar refractivity (Wildman–Crippen MR) is 217 cm³/mol. The van der Waals surface area contributed by atoms with Crippen LogP contribution >= 0.6 is 0 Å². The van der Waals surface area contributed by atoms with Gasteiger partial charge in [0, 0.05) is 13.0 Å². The number of imide groups is 1. The first-order valence-electron chi connectivity index (χ1n) is 20.1. The Labute approximate surface area is 355 Å². The molecule has 0 aromatic carbocycles. The van der Waals surface area contributed by atoms with Crippen molar-refractivity contribution < 1.29 is 76.3 Å². The van der Waals surface area contributed by atoms with Gasteiger partial charge in [-0.25, -0.2) is 33.7 Å². The molecule has 0 bridgehead atoms. The summed E-state index contributed by atoms with van der Waals surface area (Å²) in [5.41, 5.74) is -2.65. The van der Waals surface area contributed by atoms with E-state index in [1.165, 1.54) is 32.7 Å². The maximum absolute atomic E-state index is 11.9. The number of nitrogens with zero attached hydrogens (tertiary/aromatic N) is 2. The van der Waals surface area contributed by atoms with Crippen LogP contribution in [0, 0.1) is 0 Å². The standard InChI is InChI=1S/C12H19NO5.C12H21NO4.C10H18O5.C7H13NO2/c1-12(2,3)18-11(16)13-8(10(15)17-4)6-5-7-9(13)14;1-12(2,3)17-11(15)13-8-6-5-7-9(13)10(14)16-4;1-9(2,3)14-7(11)13-8(12)15-10(4,5)6;1-10-7(9)6-4-2-3-5-8-6/h8H,5-7H2,1-4H3;9H,5-8H2,1-4H3;1-6H3;6,8H,2-5H2,1H3. The van der Waals surface area contributed by atoms with E-state index < -0.39 is 70.9 Å². The number of methoxy groups -OCH3 is 3. The molecule has 3 amide bonds. The molecule has 0 aromatic heterocycles. The number of carbonyl (C=O) groups excluding carboxylic acids is 8. The molecule has 0 aromatic rings. The number of rotatable bonds is 3. The van der Waals surface area contributed by atoms with Crippen LogP contribution in [-0.4, -0.2) is 133 Å². The predicted octanol–water partition coefficient (Wildman–Crippen LogP) is 6.60. The average molecular weight is 862 g/mol. The van der Waals surface area contributed by atoms with E-state index in [9.17, 15) is 38.4 Å². The molecule has 0 spiro atoms. The molecule has 3 atom stereocenters. The number of carbonyl (C=O) groups is 8. The molecule has 60 heavy (non-hydrogen) atoms. The minimum atomic E-state index is -1.06. The van der Waals surface area contributed by atoms with Gasteiger partial charge in [-0.2, -0.15) is 0 Å². The normalized spacial score (nSPS) is 19.4. The van der Waals surface area contributed by atoms with Gasteiger partial charge in [-0.15, -0.1) is 0 Å². The van der Waals surface area contributed by atoms with Crippen molar-refractivity contribution in [2.45, 2.75) is 181 Å². The molecule has 3 aliphatic rings. The number of piperidine rings is 3. The molecular weight excluding hydrogens is 790 g/mol. The fourth-order valence-electron chi connectivity index (χ4n) is 5.43. The van der Waals surface area contributed by atoms with Crippen LogP contribution < -0.4 is 5.32 Å². The molecule has 3 heterocycles. The molecular formula is C41H71N3O16. The quantitative estimate of drug-likeness (QED) is 0.179. The topological polar surface area (TPSA) is 229 Å². The van der Waals surface area contributed by atoms with E-state index in [4.69, 9.17) is 23.7 Å². The fourth-order valence-corrected chi connectivity index (χ4v) is 5.43. The third-order valence-corrected chi connectivity index (χ3v) is 7.86. The summed E-state index contributed by atoms with van der Waals surface area (Å²) in [6.45, 7) is 22.0. The van der Waals surface area contributed by atoms with Gasteiger partial charge in [0.25, 0.3) is 0 Å². The highest BCUT2D eigenvalue weighted by molar-refractivity contribution is 5.97. The maximum Gasteiger partial charge on any atom is 0.519 e. The van der Waals surface area contributed by atoms with E-state index in [0.29, 0.717) is 25.8 Å². The summed E-state index contributed by atoms with van der Waals surface area (Å²) in [6, 6.07) is -1.41. The van der Waals surface area contributed by atoms with Crippen LogP contribution in [0.1, 0.15) is 141 Å². The second-order valence-corrected chi connectivity index (χ2v) is 17.9. The van der Waals surface area contributed by atoms with Crippen LogP contribution in [-0.2, 0) is 57.1 Å². The number of ether oxygens (including phenoxy) is 8. The summed E-state index contributed by atoms with van der Waals surface area (Å²) in [7, 11) is 4.00. The fraction of sp³-hybridized carbons (Fsp3) is 0.805. The summed E-state index contributed by atoms with van der Waals surface area (Å²) in [4.78, 5) is 94.0. The molecule has 346 valence electrons. The van der Waals surface area contributed by atoms with Gasteiger partial charge in [0.05, 0.1) is 21.3 Å². The number of esters is 3. The van der Waals surface area contributed by atoms with Crippen molar-refractivity contribution in [1.82, 2.24) is 15.1 Å². The lowest BCUT2D eigenvalue weighted by atomic mass is 10.0. The van der Waals surface area contributed by atoms with Crippen molar-refractivity contribution in [3.8, 4) is 0 Å². The first-order chi connectivity index (χ1) is 27.4. The van der Waals surface area contributed by atoms with Gasteiger partial charge < -0.3 is 43.2 Å². The van der Waals surface area contributed by atoms with Crippen molar-refractivity contribution in [3.05, 3.63) is 0 Å². The third kappa shape index (κ3) is 23.8. The molecule has 3 unspecified atom stereocenters. The summed E-state index contributed by atoms with van der Waals surface area (Å²) in [5.74, 6) is -1.48. The lowest BCUT2D eigenvalue weighted by molar-refractivity contribution is -0.154. The zero-order valence-electron chi connectivity index (χ0n) is 38.4. The summed E-state index contributed by atoms with van der Waals surface area (Å²) in [6.07, 6.45) is 3.58. The lowest BCUT2D eigenvalue weighted by Crippen LogP contribution is -2.52. The van der Waals surface area contributed by atoms with Gasteiger partial charge >= 0.3 is 42.4 Å². The second-order valence-electron chi connectivity index (χ2n) is 17.9. The van der Waals surface area contributed by atoms with Crippen LogP contribution in [0.3, 0.4) is 0 Å². The molecule has 3 saturated heterocycles. The summed E-state index contributed by atoms with van der Waals surface area (Å²) >= 11 is 0. The Hall–Kier alpha value is -4.68. The van der Waals surface area contributed by atoms with Crippen molar-refractivity contribution in [3.63, 3.8) is 0 Å². The Balaban J connectivity index is 0.000000788. The lowest BCUT2D eigenvalue weighted by Gasteiger charge is -2.34. The number of nitrogens with one attached hydrogen (secondary N) is 1. The first-order valence-corrected chi connectivity index (χ1v) is 20.1. The van der Waals surface area contributed by atoms with Crippen LogP contribution in [0.2, 0.25) is 0 Å². The van der Waals surface area contributed by atoms with Crippen molar-refractivity contribution in [2.24, 2.45) is 0 Å². The van der Waals surface area contributed by atoms with Gasteiger partial charge in [-0.3, -0.25) is 14.5 Å². The van der Waals surface area contributed by atoms with Gasteiger partial charge in [0.1, 0.15) is 40.5 Å². The Bertz CT molecular complexity index is 1410. The van der Waals surface area contributed by atoms with Crippen molar-refractivity contribution in [1.29, 1.82) is 0 Å². The van der Waals surface area contributed by atoms with E-state index in [1.54, 1.807) is 62.3 Å². The summed E-state index contributed by atoms with van der Waals surface area (Å²) in [5, 5.41) is 3.10. The third-order valence-electron chi connectivity index (χ3n) is 7.86. The van der Waals surface area contributed by atoms with E-state index >= 15 is 0 Å². The molecule has 3 aliphatic heterocycles. The molecule has 0 radical (unpaired) electrons. The van der Waals surface area contributed by atoms with E-state index in [0.717, 1.165) is 37.1 Å². The number of likely N-dealkylation sites (tertiary alicyclic amines) is 2. The van der Waals surface area contributed by atoms with Crippen LogP contribution in [0.15, 0.2) is 0 Å². The molecule has 0 aliphatic carbocycles. The average Bonchev–Trinajstić information content (AvgIpc) is 3.11. The Morgan fingerprint density at radius 1 is 0.533 bits per heavy atom. The zero-order chi connectivity index (χ0) is 46.6. The molecule has 3 rings (SSSR count). The summed E-state index contributed by atoms with van der Waals surface area (Å²) < 4.78 is 38.1. The maximum atomic E-state index is 11.9. The van der Waals surface area contributed by atoms with E-state index in [1.807, 2.05) is 20.8 Å². The Kier molecular flexibility index (Phi) is 23.2. The molecule has 19 nitrogen and oxygen atoms in total. The largest absolute Gasteiger partial charge is 0.519 e. The van der Waals surface area contributed by atoms with E-state index in [2.05, 4.69) is 19.5 Å². The Morgan fingerprint density at radius 2 is 0.967 bits per heavy atom. The van der Waals surface area contributed by atoms with Gasteiger partial charge in [0.2, 0.25) is 5.91 Å². The molecule has 19 heteroatoms. The van der Waals surface area contributed by atoms with Gasteiger partial charge in [-0.1, -0.05) is 6.42 Å². The SMILES string of the molecule is CC(C)(C)OC(=O)OC(=O)OC(C)(C)C.COC(=O)C1CCCC(=O)N1C(=O)OC(C)(C)C.COC(=O)C1CCCCN1.COC(=O)C1CCCCN1C(=O)OC(C)(C)C.